The molecule has 16 saturated carbocycles. The average molecular weight is 1670 g/mol. The Bertz CT molecular complexity index is 3390. The van der Waals surface area contributed by atoms with Gasteiger partial charge in [-0.05, 0) is 391 Å². The molecule has 0 amide bonds. The number of esters is 3. The third kappa shape index (κ3) is 16.5. The minimum Gasteiger partial charge on any atom is -0.469 e. The Morgan fingerprint density at radius 1 is 0.350 bits per heavy atom. The van der Waals surface area contributed by atoms with Crippen molar-refractivity contribution < 1.29 is 53.2 Å². The average Bonchev–Trinajstić information content (AvgIpc) is 1.50. The summed E-state index contributed by atoms with van der Waals surface area (Å²) in [6.45, 7) is 44.1. The van der Waals surface area contributed by atoms with E-state index in [-0.39, 0.29) is 63.9 Å². The molecule has 0 spiro atoms. The molecular formula is C109H182O11. The van der Waals surface area contributed by atoms with Crippen LogP contribution >= 0.6 is 0 Å². The minimum atomic E-state index is -0.0889. The maximum atomic E-state index is 14.0. The SMILES string of the molecule is CC[C@@H]1C(=O)C2C3CC[C@H]([C@H](C)CCC(=O)OC)[C@@]3(C)CCC2[C@@]2(C)CCCC[C@@H]12.CC[C@@H]1C(=O)C2C3CC[C@H]([C@H](C)CCC(=O)OC)[C@@]3(C)CCC2[C@@]2(C)CC[C@@H](C)C[C@@H]12.CC[C@@H]1C(=O)C2C3CC[C@H]([C@H](C)CCC(=O)OC)[C@@]3(C)CCC2[C@@]2(C)CC[C@@H](C)C[C@@H]12.CC[C@@H]1[C@H](O)C2C3CC[C@H]([C@H](C)CCCO)[C@@]3(C)CCC2[C@@]2(C)CCCC[C@@H]12. The molecule has 684 valence electrons. The van der Waals surface area contributed by atoms with Crippen molar-refractivity contribution in [2.45, 2.75) is 400 Å². The van der Waals surface area contributed by atoms with Crippen LogP contribution in [-0.2, 0) is 43.0 Å². The fourth-order valence-electron chi connectivity index (χ4n) is 37.9. The monoisotopic (exact) mass is 1670 g/mol. The Labute approximate surface area is 733 Å². The van der Waals surface area contributed by atoms with Crippen molar-refractivity contribution in [3.05, 3.63) is 0 Å². The number of Topliss-reactive ketones (excluding diaryl/α,β-unsaturated/α-hetero) is 3. The fraction of sp³-hybridized carbons (Fsp3) is 0.945. The van der Waals surface area contributed by atoms with E-state index in [1.807, 2.05) is 0 Å². The largest absolute Gasteiger partial charge is 0.469 e. The highest BCUT2D eigenvalue weighted by molar-refractivity contribution is 5.87. The molecule has 2 N–H and O–H groups in total. The number of hydrogen-bond donors (Lipinski definition) is 2. The smallest absolute Gasteiger partial charge is 0.305 e. The number of rotatable bonds is 20. The molecule has 120 heavy (non-hydrogen) atoms. The Hall–Kier alpha value is -2.66. The van der Waals surface area contributed by atoms with Gasteiger partial charge in [0, 0.05) is 61.4 Å². The number of carbonyl (C=O) groups is 6. The molecule has 0 aromatic rings. The number of carbonyl (C=O) groups excluding carboxylic acids is 6. The van der Waals surface area contributed by atoms with Crippen LogP contribution in [-0.4, -0.2) is 79.5 Å². The van der Waals surface area contributed by atoms with Gasteiger partial charge >= 0.3 is 17.9 Å². The lowest BCUT2D eigenvalue weighted by atomic mass is 9.41. The summed E-state index contributed by atoms with van der Waals surface area (Å²) >= 11 is 0. The van der Waals surface area contributed by atoms with Crippen molar-refractivity contribution in [2.24, 2.45) is 221 Å². The first-order chi connectivity index (χ1) is 57.0. The first kappa shape index (κ1) is 94.9. The summed E-state index contributed by atoms with van der Waals surface area (Å²) in [6.07, 6.45) is 49.6. The van der Waals surface area contributed by atoms with Gasteiger partial charge in [-0.2, -0.15) is 0 Å². The first-order valence-electron chi connectivity index (χ1n) is 52.1. The van der Waals surface area contributed by atoms with Gasteiger partial charge in [-0.1, -0.05) is 170 Å². The number of aliphatic hydroxyl groups excluding tert-OH is 2. The molecule has 16 rings (SSSR count). The summed E-state index contributed by atoms with van der Waals surface area (Å²) in [6, 6.07) is 0. The molecule has 0 aromatic carbocycles. The van der Waals surface area contributed by atoms with Crippen molar-refractivity contribution >= 4 is 35.3 Å². The molecule has 39 atom stereocenters. The third-order valence-electron chi connectivity index (χ3n) is 44.2. The summed E-state index contributed by atoms with van der Waals surface area (Å²) in [5.74, 6) is 18.5. The molecule has 0 radical (unpaired) electrons. The molecule has 0 aromatic heterocycles. The molecule has 0 heterocycles. The molecule has 16 aliphatic rings. The van der Waals surface area contributed by atoms with E-state index in [4.69, 9.17) is 14.2 Å². The van der Waals surface area contributed by atoms with E-state index in [0.717, 1.165) is 93.3 Å². The first-order valence-corrected chi connectivity index (χ1v) is 52.1. The quantitative estimate of drug-likeness (QED) is 0.0878. The lowest BCUT2D eigenvalue weighted by molar-refractivity contribution is -0.194. The molecule has 0 saturated heterocycles. The van der Waals surface area contributed by atoms with E-state index in [1.165, 1.54) is 214 Å². The van der Waals surface area contributed by atoms with E-state index in [9.17, 15) is 39.0 Å². The van der Waals surface area contributed by atoms with Crippen LogP contribution in [0.25, 0.3) is 0 Å². The Kier molecular flexibility index (Phi) is 29.9. The standard InChI is InChI=1S/2C28H46O3.C27H44O3.C26H46O2/c2*1-7-19-23-16-17(2)12-14-28(23,5)22-13-15-27(4)20(18(3)8-11-24(29)31-6)9-10-21(27)25(22)26(19)30;1-6-18-20-9-7-8-15-26(20,3)22-14-16-27(4)19(17(2)10-13-23(28)30-5)11-12-21(27)24(22)25(18)29;1-5-18-20-10-6-7-14-25(20,3)22-13-15-26(4)19(17(2)9-8-16-27)11-12-21(26)23(22)24(18)28/h2*17-23,25H,7-16H2,1-6H3;17-22,24H,6-16H2,1-5H3;17-24,27-28H,5-16H2,1-4H3/t2*17-,18-,19+,20-,21?,22?,23+,25?,27-,28-;17-,18+,19-,20+,21?,22?,24?,26+,27-;17-,18+,19-,20+,21?,22?,23?,24+,25+,26-/m1111/s1. The predicted molar refractivity (Wildman–Crippen MR) is 484 cm³/mol. The highest BCUT2D eigenvalue weighted by Crippen LogP contribution is 2.75. The number of ether oxygens (including phenoxy) is 3. The third-order valence-corrected chi connectivity index (χ3v) is 44.2. The number of aliphatic hydroxyl groups is 2. The number of hydrogen-bond acceptors (Lipinski definition) is 11. The molecule has 11 nitrogen and oxygen atoms in total. The molecule has 0 aliphatic heterocycles. The van der Waals surface area contributed by atoms with Gasteiger partial charge in [-0.25, -0.2) is 0 Å². The van der Waals surface area contributed by atoms with Gasteiger partial charge in [0.2, 0.25) is 0 Å². The second-order valence-electron chi connectivity index (χ2n) is 48.6. The van der Waals surface area contributed by atoms with E-state index in [1.54, 1.807) is 0 Å². The number of ketones is 3. The molecule has 0 bridgehead atoms. The van der Waals surface area contributed by atoms with Crippen LogP contribution in [0.1, 0.15) is 394 Å². The summed E-state index contributed by atoms with van der Waals surface area (Å²) in [7, 11) is 4.46. The number of methoxy groups -OCH3 is 3. The lowest BCUT2D eigenvalue weighted by Gasteiger charge is -2.64. The van der Waals surface area contributed by atoms with Gasteiger partial charge in [0.15, 0.2) is 0 Å². The number of fused-ring (bicyclic) bond motifs is 20. The van der Waals surface area contributed by atoms with Crippen molar-refractivity contribution in [1.82, 2.24) is 0 Å². The molecular weight excluding hydrogens is 1490 g/mol. The van der Waals surface area contributed by atoms with Gasteiger partial charge in [0.25, 0.3) is 0 Å². The van der Waals surface area contributed by atoms with Gasteiger partial charge in [0.1, 0.15) is 17.3 Å². The Morgan fingerprint density at radius 2 is 0.642 bits per heavy atom. The molecule has 11 heteroatoms. The minimum absolute atomic E-state index is 0.0673. The molecule has 12 unspecified atom stereocenters. The fourth-order valence-corrected chi connectivity index (χ4v) is 37.9. The van der Waals surface area contributed by atoms with E-state index in [2.05, 4.69) is 125 Å². The van der Waals surface area contributed by atoms with Crippen LogP contribution in [0.4, 0.5) is 0 Å². The summed E-state index contributed by atoms with van der Waals surface area (Å²) in [4.78, 5) is 77.2. The van der Waals surface area contributed by atoms with Crippen LogP contribution in [0.15, 0.2) is 0 Å². The highest BCUT2D eigenvalue weighted by Gasteiger charge is 2.70. The highest BCUT2D eigenvalue weighted by atomic mass is 16.5. The maximum Gasteiger partial charge on any atom is 0.305 e. The van der Waals surface area contributed by atoms with Gasteiger partial charge in [-0.15, -0.1) is 0 Å². The van der Waals surface area contributed by atoms with Crippen molar-refractivity contribution in [2.75, 3.05) is 27.9 Å². The van der Waals surface area contributed by atoms with E-state index < -0.39 is 0 Å². The maximum absolute atomic E-state index is 14.0. The zero-order valence-electron chi connectivity index (χ0n) is 80.9. The normalized spacial score (nSPS) is 48.4. The predicted octanol–water partition coefficient (Wildman–Crippen LogP) is 25.9. The van der Waals surface area contributed by atoms with Crippen LogP contribution < -0.4 is 0 Å². The van der Waals surface area contributed by atoms with Crippen molar-refractivity contribution in [1.29, 1.82) is 0 Å². The van der Waals surface area contributed by atoms with Crippen molar-refractivity contribution in [3.63, 3.8) is 0 Å². The van der Waals surface area contributed by atoms with Crippen LogP contribution in [0.3, 0.4) is 0 Å². The Balaban J connectivity index is 0.000000138. The van der Waals surface area contributed by atoms with Gasteiger partial charge < -0.3 is 24.4 Å². The molecule has 16 fully saturated rings. The van der Waals surface area contributed by atoms with Gasteiger partial charge in [-0.3, -0.25) is 28.8 Å². The molecule has 16 aliphatic carbocycles. The summed E-state index contributed by atoms with van der Waals surface area (Å²) in [5, 5.41) is 21.0. The lowest BCUT2D eigenvalue weighted by Crippen LogP contribution is -2.61. The van der Waals surface area contributed by atoms with Gasteiger partial charge in [0.05, 0.1) is 27.4 Å². The second kappa shape index (κ2) is 37.8. The second-order valence-corrected chi connectivity index (χ2v) is 48.6. The van der Waals surface area contributed by atoms with E-state index >= 15 is 0 Å². The zero-order chi connectivity index (χ0) is 86.9. The summed E-state index contributed by atoms with van der Waals surface area (Å²) < 4.78 is 14.7. The van der Waals surface area contributed by atoms with Crippen LogP contribution in [0.5, 0.6) is 0 Å². The van der Waals surface area contributed by atoms with Crippen LogP contribution in [0, 0.1) is 221 Å². The van der Waals surface area contributed by atoms with Crippen LogP contribution in [0.2, 0.25) is 0 Å². The van der Waals surface area contributed by atoms with Crippen molar-refractivity contribution in [3.8, 4) is 0 Å². The van der Waals surface area contributed by atoms with E-state index in [0.29, 0.717) is 189 Å². The Morgan fingerprint density at radius 3 is 0.992 bits per heavy atom. The zero-order valence-corrected chi connectivity index (χ0v) is 80.9. The topological polar surface area (TPSA) is 171 Å². The summed E-state index contributed by atoms with van der Waals surface area (Å²) in [5.41, 5.74) is 2.78.